The molecule has 1 aromatic heterocycles. The number of esters is 1. The lowest BCUT2D eigenvalue weighted by Crippen LogP contribution is -2.40. The molecule has 1 aliphatic heterocycles. The van der Waals surface area contributed by atoms with E-state index in [0.29, 0.717) is 18.9 Å². The van der Waals surface area contributed by atoms with Crippen LogP contribution in [0.15, 0.2) is 151 Å². The van der Waals surface area contributed by atoms with Gasteiger partial charge < -0.3 is 9.75 Å². The Hall–Kier alpha value is -5.86. The van der Waals surface area contributed by atoms with Crippen molar-refractivity contribution in [1.82, 2.24) is 30.6 Å². The maximum Gasteiger partial charge on any atom is 0.337 e. The van der Waals surface area contributed by atoms with Gasteiger partial charge in [-0.15, -0.1) is 15.0 Å². The van der Waals surface area contributed by atoms with Crippen LogP contribution >= 0.6 is 0 Å². The number of nitrogens with one attached hydrogen (secondary N) is 1. The van der Waals surface area contributed by atoms with Crippen LogP contribution in [0.2, 0.25) is 0 Å². The molecule has 2 heterocycles. The number of hydrogen-bond donors (Lipinski definition) is 1. The summed E-state index contributed by atoms with van der Waals surface area (Å²) in [6.45, 7) is 7.42. The summed E-state index contributed by atoms with van der Waals surface area (Å²) in [6.07, 6.45) is 4.59. The second-order valence-corrected chi connectivity index (χ2v) is 13.7. The summed E-state index contributed by atoms with van der Waals surface area (Å²) in [4.78, 5) is 15.1. The fourth-order valence-corrected chi connectivity index (χ4v) is 7.65. The number of tetrazole rings is 1. The molecule has 0 bridgehead atoms. The molecule has 1 N–H and O–H groups in total. The molecule has 0 aliphatic carbocycles. The molecule has 0 spiro atoms. The number of allylic oxidation sites excluding steroid dienone is 1. The number of ether oxygens (including phenoxy) is 1. The van der Waals surface area contributed by atoms with Gasteiger partial charge in [-0.25, -0.2) is 10.2 Å². The zero-order chi connectivity index (χ0) is 37.3. The van der Waals surface area contributed by atoms with Gasteiger partial charge in [0.2, 0.25) is 5.82 Å². The Morgan fingerprint density at radius 3 is 1.85 bits per heavy atom. The van der Waals surface area contributed by atoms with Crippen LogP contribution in [0.5, 0.6) is 0 Å². The van der Waals surface area contributed by atoms with Gasteiger partial charge in [0.1, 0.15) is 0 Å². The van der Waals surface area contributed by atoms with Crippen LogP contribution < -0.4 is 5.43 Å². The largest absolute Gasteiger partial charge is 0.463 e. The van der Waals surface area contributed by atoms with E-state index in [0.717, 1.165) is 82.4 Å². The van der Waals surface area contributed by atoms with Gasteiger partial charge in [-0.1, -0.05) is 166 Å². The Morgan fingerprint density at radius 1 is 0.722 bits per heavy atom. The Bertz CT molecular complexity index is 2070. The quantitative estimate of drug-likeness (QED) is 0.0839. The van der Waals surface area contributed by atoms with Crippen molar-refractivity contribution in [1.29, 1.82) is 0 Å². The highest BCUT2D eigenvalue weighted by atomic mass is 16.5. The van der Waals surface area contributed by atoms with Crippen LogP contribution in [0, 0.1) is 0 Å². The number of carbonyl (C=O) groups excluding carboxylic acids is 1. The predicted molar refractivity (Wildman–Crippen MR) is 214 cm³/mol. The van der Waals surface area contributed by atoms with Crippen molar-refractivity contribution in [2.75, 3.05) is 13.2 Å². The molecule has 5 aromatic carbocycles. The van der Waals surface area contributed by atoms with Crippen molar-refractivity contribution in [3.05, 3.63) is 173 Å². The molecular formula is C46H48N6O2. The van der Waals surface area contributed by atoms with Crippen molar-refractivity contribution in [3.8, 4) is 22.5 Å². The van der Waals surface area contributed by atoms with E-state index in [2.05, 4.69) is 133 Å². The van der Waals surface area contributed by atoms with Gasteiger partial charge in [-0.05, 0) is 64.8 Å². The summed E-state index contributed by atoms with van der Waals surface area (Å²) in [5.74, 6) is 0.316. The van der Waals surface area contributed by atoms with E-state index >= 15 is 0 Å². The van der Waals surface area contributed by atoms with Crippen molar-refractivity contribution in [2.45, 2.75) is 64.5 Å². The van der Waals surface area contributed by atoms with Crippen LogP contribution in [0.4, 0.5) is 0 Å². The van der Waals surface area contributed by atoms with Crippen molar-refractivity contribution < 1.29 is 9.53 Å². The first-order valence-corrected chi connectivity index (χ1v) is 19.2. The van der Waals surface area contributed by atoms with Gasteiger partial charge in [0, 0.05) is 17.8 Å². The summed E-state index contributed by atoms with van der Waals surface area (Å²) in [5.41, 5.74) is 11.8. The summed E-state index contributed by atoms with van der Waals surface area (Å²) in [5, 5.41) is 16.9. The Kier molecular flexibility index (Phi) is 11.4. The molecule has 7 rings (SSSR count). The highest BCUT2D eigenvalue weighted by molar-refractivity contribution is 5.91. The van der Waals surface area contributed by atoms with E-state index in [1.165, 1.54) is 0 Å². The molecule has 0 saturated carbocycles. The molecule has 54 heavy (non-hydrogen) atoms. The van der Waals surface area contributed by atoms with Crippen LogP contribution in [-0.2, 0) is 21.5 Å². The van der Waals surface area contributed by atoms with Gasteiger partial charge in [0.05, 0.1) is 18.2 Å². The number of hydrazine groups is 1. The van der Waals surface area contributed by atoms with E-state index in [1.807, 2.05) is 37.3 Å². The fraction of sp³-hybridized carbons (Fsp3) is 0.261. The summed E-state index contributed by atoms with van der Waals surface area (Å²) < 4.78 is 5.57. The van der Waals surface area contributed by atoms with E-state index in [1.54, 1.807) is 4.80 Å². The maximum absolute atomic E-state index is 13.3. The first-order chi connectivity index (χ1) is 26.6. The van der Waals surface area contributed by atoms with Crippen LogP contribution in [0.25, 0.3) is 22.5 Å². The van der Waals surface area contributed by atoms with Crippen molar-refractivity contribution >= 4 is 5.97 Å². The topological polar surface area (TPSA) is 85.2 Å². The third kappa shape index (κ3) is 7.22. The molecule has 6 aromatic rings. The van der Waals surface area contributed by atoms with Crippen molar-refractivity contribution in [2.24, 2.45) is 0 Å². The fourth-order valence-electron chi connectivity index (χ4n) is 7.65. The standard InChI is InChI=1S/C46H48N6O2/c1-4-7-32-51-42(19-5-2)43(45(53)54-6-3)41(48-51)33-34-28-30-35(31-29-34)39-26-17-18-27-40(39)44-47-50-52(49-44)46(36-20-11-8-12-21-36,37-22-13-9-14-23-37)38-24-15-10-16-25-38/h8-18,20-31,41,48H,4-7,19,32-33H2,1-3H3. The second kappa shape index (κ2) is 16.9. The molecule has 8 nitrogen and oxygen atoms in total. The van der Waals surface area contributed by atoms with Gasteiger partial charge in [0.15, 0.2) is 5.54 Å². The van der Waals surface area contributed by atoms with Gasteiger partial charge in [-0.2, -0.15) is 0 Å². The smallest absolute Gasteiger partial charge is 0.337 e. The minimum Gasteiger partial charge on any atom is -0.463 e. The molecule has 1 unspecified atom stereocenters. The van der Waals surface area contributed by atoms with Gasteiger partial charge >= 0.3 is 5.97 Å². The molecule has 0 amide bonds. The minimum absolute atomic E-state index is 0.154. The highest BCUT2D eigenvalue weighted by Gasteiger charge is 2.41. The molecule has 1 aliphatic rings. The summed E-state index contributed by atoms with van der Waals surface area (Å²) in [7, 11) is 0. The zero-order valence-corrected chi connectivity index (χ0v) is 31.4. The lowest BCUT2D eigenvalue weighted by Gasteiger charge is -2.34. The average molecular weight is 717 g/mol. The Morgan fingerprint density at radius 2 is 1.30 bits per heavy atom. The monoisotopic (exact) mass is 716 g/mol. The molecule has 1 atom stereocenters. The first kappa shape index (κ1) is 36.5. The predicted octanol–water partition coefficient (Wildman–Crippen LogP) is 9.00. The van der Waals surface area contributed by atoms with Crippen LogP contribution in [0.1, 0.15) is 68.7 Å². The average Bonchev–Trinajstić information content (AvgIpc) is 3.84. The number of benzene rings is 5. The number of unbranched alkanes of at least 4 members (excludes halogenated alkanes) is 1. The van der Waals surface area contributed by atoms with E-state index < -0.39 is 5.54 Å². The summed E-state index contributed by atoms with van der Waals surface area (Å²) >= 11 is 0. The van der Waals surface area contributed by atoms with Crippen LogP contribution in [-0.4, -0.2) is 50.4 Å². The highest BCUT2D eigenvalue weighted by Crippen LogP contribution is 2.40. The molecular weight excluding hydrogens is 669 g/mol. The minimum atomic E-state index is -0.861. The lowest BCUT2D eigenvalue weighted by atomic mass is 9.77. The molecule has 0 saturated heterocycles. The zero-order valence-electron chi connectivity index (χ0n) is 31.4. The SMILES string of the molecule is CCCCN1NC(Cc2ccc(-c3ccccc3-c3nnn(C(c4ccccc4)(c4ccccc4)c4ccccc4)n3)cc2)C(C(=O)OCC)=C1CCC. The normalized spacial score (nSPS) is 14.4. The third-order valence-corrected chi connectivity index (χ3v) is 10.2. The lowest BCUT2D eigenvalue weighted by molar-refractivity contribution is -0.138. The third-order valence-electron chi connectivity index (χ3n) is 10.2. The number of aromatic nitrogens is 4. The van der Waals surface area contributed by atoms with Gasteiger partial charge in [0.25, 0.3) is 0 Å². The van der Waals surface area contributed by atoms with E-state index in [4.69, 9.17) is 20.1 Å². The van der Waals surface area contributed by atoms with Gasteiger partial charge in [-0.3, -0.25) is 0 Å². The second-order valence-electron chi connectivity index (χ2n) is 13.7. The number of hydrogen-bond acceptors (Lipinski definition) is 7. The maximum atomic E-state index is 13.3. The first-order valence-electron chi connectivity index (χ1n) is 19.2. The van der Waals surface area contributed by atoms with Crippen molar-refractivity contribution in [3.63, 3.8) is 0 Å². The summed E-state index contributed by atoms with van der Waals surface area (Å²) in [6, 6.07) is 47.8. The molecule has 8 heteroatoms. The number of nitrogens with zero attached hydrogens (tertiary/aromatic N) is 5. The molecule has 0 radical (unpaired) electrons. The number of rotatable bonds is 15. The Balaban J connectivity index is 1.23. The number of carbonyl (C=O) groups is 1. The van der Waals surface area contributed by atoms with E-state index in [-0.39, 0.29) is 12.0 Å². The Labute approximate surface area is 318 Å². The molecule has 274 valence electrons. The van der Waals surface area contributed by atoms with Crippen LogP contribution in [0.3, 0.4) is 0 Å². The van der Waals surface area contributed by atoms with E-state index in [9.17, 15) is 4.79 Å². The molecule has 0 fully saturated rings.